The summed E-state index contributed by atoms with van der Waals surface area (Å²) in [7, 11) is 0. The monoisotopic (exact) mass is 334 g/mol. The van der Waals surface area contributed by atoms with E-state index in [9.17, 15) is 13.6 Å². The fourth-order valence-corrected chi connectivity index (χ4v) is 2.24. The summed E-state index contributed by atoms with van der Waals surface area (Å²) < 4.78 is 28.3. The summed E-state index contributed by atoms with van der Waals surface area (Å²) in [5.74, 6) is 0.630. The van der Waals surface area contributed by atoms with Gasteiger partial charge in [-0.25, -0.2) is 0 Å². The van der Waals surface area contributed by atoms with E-state index in [2.05, 4.69) is 10.1 Å². The molecule has 1 aliphatic rings. The summed E-state index contributed by atoms with van der Waals surface area (Å²) in [5, 5.41) is 2.95. The minimum absolute atomic E-state index is 0. The Balaban J connectivity index is 0.00000242. The molecule has 1 fully saturated rings. The molecule has 1 aromatic rings. The van der Waals surface area contributed by atoms with Crippen LogP contribution in [0.2, 0.25) is 0 Å². The van der Waals surface area contributed by atoms with Gasteiger partial charge in [0, 0.05) is 19.0 Å². The van der Waals surface area contributed by atoms with Gasteiger partial charge >= 0.3 is 6.61 Å². The second kappa shape index (κ2) is 8.90. The number of hydrogen-bond donors (Lipinski definition) is 2. The number of carbonyl (C=O) groups excluding carboxylic acids is 1. The smallest absolute Gasteiger partial charge is 0.387 e. The summed E-state index contributed by atoms with van der Waals surface area (Å²) >= 11 is 0. The molecule has 1 atom stereocenters. The molecule has 1 aliphatic carbocycles. The van der Waals surface area contributed by atoms with Crippen molar-refractivity contribution in [1.82, 2.24) is 5.32 Å². The highest BCUT2D eigenvalue weighted by Gasteiger charge is 2.30. The van der Waals surface area contributed by atoms with Gasteiger partial charge < -0.3 is 15.8 Å². The number of benzene rings is 1. The van der Waals surface area contributed by atoms with Crippen molar-refractivity contribution in [3.63, 3.8) is 0 Å². The first-order chi connectivity index (χ1) is 10.1. The van der Waals surface area contributed by atoms with Gasteiger partial charge in [-0.3, -0.25) is 4.79 Å². The topological polar surface area (TPSA) is 64.3 Å². The van der Waals surface area contributed by atoms with Crippen LogP contribution in [-0.4, -0.2) is 25.1 Å². The first-order valence-corrected chi connectivity index (χ1v) is 7.11. The molecule has 0 aromatic heterocycles. The lowest BCUT2D eigenvalue weighted by atomic mass is 10.1. The number of amides is 1. The second-order valence-corrected chi connectivity index (χ2v) is 5.27. The molecule has 0 saturated heterocycles. The third-order valence-corrected chi connectivity index (χ3v) is 3.58. The fourth-order valence-electron chi connectivity index (χ4n) is 2.24. The highest BCUT2D eigenvalue weighted by atomic mass is 35.5. The Morgan fingerprint density at radius 1 is 1.32 bits per heavy atom. The molecule has 4 nitrogen and oxygen atoms in total. The quantitative estimate of drug-likeness (QED) is 0.767. The van der Waals surface area contributed by atoms with Crippen LogP contribution in [0.15, 0.2) is 24.3 Å². The molecule has 1 amide bonds. The van der Waals surface area contributed by atoms with Crippen molar-refractivity contribution >= 4 is 18.3 Å². The molecule has 1 unspecified atom stereocenters. The van der Waals surface area contributed by atoms with Crippen molar-refractivity contribution in [3.8, 4) is 5.75 Å². The Morgan fingerprint density at radius 3 is 2.45 bits per heavy atom. The summed E-state index contributed by atoms with van der Waals surface area (Å²) in [6.07, 6.45) is 3.18. The number of aryl methyl sites for hydroxylation is 1. The summed E-state index contributed by atoms with van der Waals surface area (Å²) in [4.78, 5) is 11.8. The number of nitrogens with one attached hydrogen (secondary N) is 1. The standard InChI is InChI=1S/C15H20F2N2O2.ClH/c16-15(17)21-12-6-1-10(2-7-12)3-8-14(20)19-13(9-18)11-4-5-11;/h1-2,6-7,11,13,15H,3-5,8-9,18H2,(H,19,20);1H. The summed E-state index contributed by atoms with van der Waals surface area (Å²) in [5.41, 5.74) is 6.54. The third-order valence-electron chi connectivity index (χ3n) is 3.58. The van der Waals surface area contributed by atoms with Crippen LogP contribution >= 0.6 is 12.4 Å². The SMILES string of the molecule is Cl.NCC(NC(=O)CCc1ccc(OC(F)F)cc1)C1CC1. The third kappa shape index (κ3) is 6.15. The first-order valence-electron chi connectivity index (χ1n) is 7.11. The number of hydrogen-bond acceptors (Lipinski definition) is 3. The van der Waals surface area contributed by atoms with E-state index in [0.717, 1.165) is 18.4 Å². The van der Waals surface area contributed by atoms with Crippen LogP contribution in [-0.2, 0) is 11.2 Å². The zero-order chi connectivity index (χ0) is 15.2. The zero-order valence-electron chi connectivity index (χ0n) is 12.1. The fraction of sp³-hybridized carbons (Fsp3) is 0.533. The molecule has 0 aliphatic heterocycles. The van der Waals surface area contributed by atoms with E-state index >= 15 is 0 Å². The zero-order valence-corrected chi connectivity index (χ0v) is 13.0. The van der Waals surface area contributed by atoms with Gasteiger partial charge in [0.25, 0.3) is 0 Å². The van der Waals surface area contributed by atoms with E-state index < -0.39 is 6.61 Å². The normalized spacial score (nSPS) is 15.1. The number of nitrogens with two attached hydrogens (primary N) is 1. The van der Waals surface area contributed by atoms with Gasteiger partial charge in [0.15, 0.2) is 0 Å². The predicted molar refractivity (Wildman–Crippen MR) is 82.4 cm³/mol. The van der Waals surface area contributed by atoms with Crippen LogP contribution in [0.4, 0.5) is 8.78 Å². The van der Waals surface area contributed by atoms with Crippen LogP contribution in [0.25, 0.3) is 0 Å². The number of rotatable bonds is 8. The van der Waals surface area contributed by atoms with E-state index in [1.807, 2.05) is 0 Å². The maximum Gasteiger partial charge on any atom is 0.387 e. The van der Waals surface area contributed by atoms with Crippen molar-refractivity contribution in [2.75, 3.05) is 6.54 Å². The molecule has 0 bridgehead atoms. The van der Waals surface area contributed by atoms with Crippen molar-refractivity contribution in [3.05, 3.63) is 29.8 Å². The van der Waals surface area contributed by atoms with E-state index in [4.69, 9.17) is 5.73 Å². The average Bonchev–Trinajstić information content (AvgIpc) is 3.28. The molecular weight excluding hydrogens is 314 g/mol. The number of alkyl halides is 2. The molecule has 0 radical (unpaired) electrons. The molecule has 124 valence electrons. The van der Waals surface area contributed by atoms with Gasteiger partial charge in [-0.2, -0.15) is 8.78 Å². The Morgan fingerprint density at radius 2 is 1.95 bits per heavy atom. The molecule has 0 spiro atoms. The Hall–Kier alpha value is -1.40. The van der Waals surface area contributed by atoms with Crippen molar-refractivity contribution in [2.24, 2.45) is 11.7 Å². The first kappa shape index (κ1) is 18.6. The minimum atomic E-state index is -2.82. The van der Waals surface area contributed by atoms with Gasteiger partial charge in [-0.15, -0.1) is 12.4 Å². The van der Waals surface area contributed by atoms with Crippen LogP contribution in [0, 0.1) is 5.92 Å². The van der Waals surface area contributed by atoms with Crippen LogP contribution in [0.5, 0.6) is 5.75 Å². The average molecular weight is 335 g/mol. The Bertz CT molecular complexity index is 467. The number of carbonyl (C=O) groups is 1. The van der Waals surface area contributed by atoms with E-state index in [0.29, 0.717) is 25.3 Å². The van der Waals surface area contributed by atoms with Gasteiger partial charge in [0.05, 0.1) is 0 Å². The van der Waals surface area contributed by atoms with Gasteiger partial charge in [0.2, 0.25) is 5.91 Å². The van der Waals surface area contributed by atoms with Crippen molar-refractivity contribution in [1.29, 1.82) is 0 Å². The van der Waals surface area contributed by atoms with Gasteiger partial charge in [-0.1, -0.05) is 12.1 Å². The van der Waals surface area contributed by atoms with Gasteiger partial charge in [0.1, 0.15) is 5.75 Å². The van der Waals surface area contributed by atoms with Crippen LogP contribution in [0.3, 0.4) is 0 Å². The molecule has 1 saturated carbocycles. The van der Waals surface area contributed by atoms with Crippen LogP contribution in [0.1, 0.15) is 24.8 Å². The molecule has 2 rings (SSSR count). The molecule has 1 aromatic carbocycles. The Labute approximate surface area is 134 Å². The van der Waals surface area contributed by atoms with E-state index in [1.165, 1.54) is 12.1 Å². The lowest BCUT2D eigenvalue weighted by molar-refractivity contribution is -0.121. The molecular formula is C15H21ClF2N2O2. The number of ether oxygens (including phenoxy) is 1. The molecule has 3 N–H and O–H groups in total. The molecule has 22 heavy (non-hydrogen) atoms. The van der Waals surface area contributed by atoms with Crippen molar-refractivity contribution in [2.45, 2.75) is 38.3 Å². The highest BCUT2D eigenvalue weighted by molar-refractivity contribution is 5.85. The van der Waals surface area contributed by atoms with Crippen molar-refractivity contribution < 1.29 is 18.3 Å². The van der Waals surface area contributed by atoms with E-state index in [1.54, 1.807) is 12.1 Å². The summed E-state index contributed by atoms with van der Waals surface area (Å²) in [6.45, 7) is -2.35. The maximum absolute atomic E-state index is 12.0. The minimum Gasteiger partial charge on any atom is -0.435 e. The molecule has 7 heteroatoms. The van der Waals surface area contributed by atoms with E-state index in [-0.39, 0.29) is 30.1 Å². The largest absolute Gasteiger partial charge is 0.435 e. The maximum atomic E-state index is 12.0. The van der Waals surface area contributed by atoms with Gasteiger partial charge in [-0.05, 0) is 42.9 Å². The second-order valence-electron chi connectivity index (χ2n) is 5.27. The lowest BCUT2D eigenvalue weighted by Gasteiger charge is -2.15. The summed E-state index contributed by atoms with van der Waals surface area (Å²) in [6, 6.07) is 6.41. The highest BCUT2D eigenvalue weighted by Crippen LogP contribution is 2.32. The Kier molecular flexibility index (Phi) is 7.55. The van der Waals surface area contributed by atoms with Crippen LogP contribution < -0.4 is 15.8 Å². The number of halogens is 3. The predicted octanol–water partition coefficient (Wildman–Crippen LogP) is 2.50. The lowest BCUT2D eigenvalue weighted by Crippen LogP contribution is -2.41. The molecule has 0 heterocycles.